The van der Waals surface area contributed by atoms with E-state index < -0.39 is 0 Å². The van der Waals surface area contributed by atoms with Gasteiger partial charge in [-0.25, -0.2) is 0 Å². The zero-order valence-electron chi connectivity index (χ0n) is 18.9. The lowest BCUT2D eigenvalue weighted by molar-refractivity contribution is -0.131. The number of nitrogens with one attached hydrogen (secondary N) is 1. The maximum Gasteiger partial charge on any atom is 0.242 e. The normalized spacial score (nSPS) is 13.7. The molecule has 1 saturated heterocycles. The van der Waals surface area contributed by atoms with Crippen LogP contribution in [0.4, 0.5) is 11.4 Å². The SMILES string of the molecule is O=C1CN(c2ccc(NSc3ccc(-c4ccccc4)cc3)cc2)CCN1Cc1ccccc1. The third kappa shape index (κ3) is 5.43. The van der Waals surface area contributed by atoms with Crippen molar-refractivity contribution in [2.45, 2.75) is 11.4 Å². The molecule has 0 spiro atoms. The first kappa shape index (κ1) is 22.1. The molecule has 34 heavy (non-hydrogen) atoms. The number of anilines is 2. The molecule has 0 unspecified atom stereocenters. The van der Waals surface area contributed by atoms with Crippen LogP contribution in [0.25, 0.3) is 11.1 Å². The predicted octanol–water partition coefficient (Wildman–Crippen LogP) is 6.32. The summed E-state index contributed by atoms with van der Waals surface area (Å²) in [6, 6.07) is 37.5. The molecule has 170 valence electrons. The van der Waals surface area contributed by atoms with Crippen LogP contribution in [0.2, 0.25) is 0 Å². The van der Waals surface area contributed by atoms with Crippen LogP contribution < -0.4 is 9.62 Å². The summed E-state index contributed by atoms with van der Waals surface area (Å²) in [4.78, 5) is 17.9. The topological polar surface area (TPSA) is 35.6 Å². The van der Waals surface area contributed by atoms with Crippen LogP contribution >= 0.6 is 11.9 Å². The van der Waals surface area contributed by atoms with Gasteiger partial charge in [-0.3, -0.25) is 4.79 Å². The maximum atomic E-state index is 12.7. The molecular weight excluding hydrogens is 438 g/mol. The summed E-state index contributed by atoms with van der Waals surface area (Å²) in [6.45, 7) is 2.68. The molecule has 1 amide bonds. The van der Waals surface area contributed by atoms with E-state index in [-0.39, 0.29) is 5.91 Å². The Bertz CT molecular complexity index is 1210. The molecule has 4 nitrogen and oxygen atoms in total. The van der Waals surface area contributed by atoms with E-state index >= 15 is 0 Å². The molecule has 0 aliphatic carbocycles. The van der Waals surface area contributed by atoms with Crippen molar-refractivity contribution in [1.29, 1.82) is 0 Å². The third-order valence-electron chi connectivity index (χ3n) is 6.02. The summed E-state index contributed by atoms with van der Waals surface area (Å²) >= 11 is 1.60. The Morgan fingerprint density at radius 1 is 0.706 bits per heavy atom. The second-order valence-corrected chi connectivity index (χ2v) is 9.24. The van der Waals surface area contributed by atoms with Crippen LogP contribution in [0.15, 0.2) is 114 Å². The highest BCUT2D eigenvalue weighted by Crippen LogP contribution is 2.27. The van der Waals surface area contributed by atoms with Crippen molar-refractivity contribution in [2.24, 2.45) is 0 Å². The molecule has 1 aliphatic rings. The van der Waals surface area contributed by atoms with Crippen molar-refractivity contribution in [3.8, 4) is 11.1 Å². The molecule has 4 aromatic rings. The molecular formula is C29H27N3OS. The third-order valence-corrected chi connectivity index (χ3v) is 6.86. The quantitative estimate of drug-likeness (QED) is 0.324. The molecule has 1 aliphatic heterocycles. The molecule has 0 aromatic heterocycles. The lowest BCUT2D eigenvalue weighted by atomic mass is 10.1. The average molecular weight is 466 g/mol. The van der Waals surface area contributed by atoms with Gasteiger partial charge in [0.25, 0.3) is 0 Å². The van der Waals surface area contributed by atoms with Gasteiger partial charge in [-0.2, -0.15) is 0 Å². The summed E-state index contributed by atoms with van der Waals surface area (Å²) in [7, 11) is 0. The van der Waals surface area contributed by atoms with Crippen molar-refractivity contribution in [3.05, 3.63) is 115 Å². The Labute approximate surface area is 205 Å². The Kier molecular flexibility index (Phi) is 6.82. The molecule has 1 heterocycles. The fourth-order valence-electron chi connectivity index (χ4n) is 4.10. The molecule has 0 radical (unpaired) electrons. The standard InChI is InChI=1S/C29H27N3OS/c33-29-22-31(19-20-32(29)21-23-7-3-1-4-8-23)27-15-13-26(14-16-27)30-34-28-17-11-25(12-18-28)24-9-5-2-6-10-24/h1-18,30H,19-22H2. The Balaban J connectivity index is 1.13. The molecule has 0 saturated carbocycles. The van der Waals surface area contributed by atoms with Gasteiger partial charge in [-0.05, 0) is 65.0 Å². The minimum atomic E-state index is 0.173. The van der Waals surface area contributed by atoms with E-state index in [4.69, 9.17) is 0 Å². The highest BCUT2D eigenvalue weighted by atomic mass is 32.2. The number of rotatable bonds is 7. The smallest absolute Gasteiger partial charge is 0.242 e. The van der Waals surface area contributed by atoms with Gasteiger partial charge >= 0.3 is 0 Å². The number of nitrogens with zero attached hydrogens (tertiary/aromatic N) is 2. The molecule has 4 aromatic carbocycles. The van der Waals surface area contributed by atoms with Gasteiger partial charge < -0.3 is 14.5 Å². The monoisotopic (exact) mass is 465 g/mol. The molecule has 0 atom stereocenters. The van der Waals surface area contributed by atoms with Crippen LogP contribution in [-0.2, 0) is 11.3 Å². The second-order valence-electron chi connectivity index (χ2n) is 8.36. The first-order chi connectivity index (χ1) is 16.7. The highest BCUT2D eigenvalue weighted by molar-refractivity contribution is 8.00. The summed E-state index contributed by atoms with van der Waals surface area (Å²) in [6.07, 6.45) is 0. The Hall–Kier alpha value is -3.70. The fraction of sp³-hybridized carbons (Fsp3) is 0.138. The maximum absolute atomic E-state index is 12.7. The van der Waals surface area contributed by atoms with E-state index in [0.717, 1.165) is 29.4 Å². The number of amides is 1. The minimum absolute atomic E-state index is 0.173. The largest absolute Gasteiger partial charge is 0.360 e. The van der Waals surface area contributed by atoms with Gasteiger partial charge in [-0.15, -0.1) is 0 Å². The van der Waals surface area contributed by atoms with Gasteiger partial charge in [0, 0.05) is 35.9 Å². The lowest BCUT2D eigenvalue weighted by Crippen LogP contribution is -2.50. The van der Waals surface area contributed by atoms with Crippen LogP contribution in [0, 0.1) is 0 Å². The molecule has 5 heteroatoms. The van der Waals surface area contributed by atoms with Crippen molar-refractivity contribution in [3.63, 3.8) is 0 Å². The number of carbonyl (C=O) groups excluding carboxylic acids is 1. The van der Waals surface area contributed by atoms with Crippen molar-refractivity contribution >= 4 is 29.2 Å². The van der Waals surface area contributed by atoms with E-state index in [2.05, 4.69) is 94.6 Å². The van der Waals surface area contributed by atoms with E-state index in [9.17, 15) is 4.79 Å². The van der Waals surface area contributed by atoms with Crippen molar-refractivity contribution in [1.82, 2.24) is 4.90 Å². The van der Waals surface area contributed by atoms with Crippen LogP contribution in [-0.4, -0.2) is 30.4 Å². The van der Waals surface area contributed by atoms with E-state index in [1.807, 2.05) is 29.2 Å². The number of carbonyl (C=O) groups is 1. The van der Waals surface area contributed by atoms with Gasteiger partial charge in [0.05, 0.1) is 6.54 Å². The van der Waals surface area contributed by atoms with Crippen LogP contribution in [0.1, 0.15) is 5.56 Å². The van der Waals surface area contributed by atoms with Gasteiger partial charge in [0.1, 0.15) is 0 Å². The zero-order chi connectivity index (χ0) is 23.2. The van der Waals surface area contributed by atoms with Gasteiger partial charge in [-0.1, -0.05) is 72.8 Å². The van der Waals surface area contributed by atoms with E-state index in [0.29, 0.717) is 13.1 Å². The molecule has 1 N–H and O–H groups in total. The molecule has 1 fully saturated rings. The first-order valence-electron chi connectivity index (χ1n) is 11.5. The number of hydrogen-bond acceptors (Lipinski definition) is 4. The van der Waals surface area contributed by atoms with Gasteiger partial charge in [0.15, 0.2) is 0 Å². The summed E-state index contributed by atoms with van der Waals surface area (Å²) in [5, 5.41) is 0. The second kappa shape index (κ2) is 10.5. The van der Waals surface area contributed by atoms with E-state index in [1.54, 1.807) is 11.9 Å². The van der Waals surface area contributed by atoms with Crippen molar-refractivity contribution < 1.29 is 4.79 Å². The molecule has 0 bridgehead atoms. The Morgan fingerprint density at radius 3 is 2.03 bits per heavy atom. The number of benzene rings is 4. The Morgan fingerprint density at radius 2 is 1.35 bits per heavy atom. The number of piperazine rings is 1. The average Bonchev–Trinajstić information content (AvgIpc) is 2.90. The summed E-state index contributed by atoms with van der Waals surface area (Å²) in [5.41, 5.74) is 5.73. The zero-order valence-corrected chi connectivity index (χ0v) is 19.7. The predicted molar refractivity (Wildman–Crippen MR) is 142 cm³/mol. The van der Waals surface area contributed by atoms with Crippen LogP contribution in [0.3, 0.4) is 0 Å². The summed E-state index contributed by atoms with van der Waals surface area (Å²) in [5.74, 6) is 0.173. The van der Waals surface area contributed by atoms with Gasteiger partial charge in [0.2, 0.25) is 5.91 Å². The first-order valence-corrected chi connectivity index (χ1v) is 12.3. The minimum Gasteiger partial charge on any atom is -0.360 e. The number of hydrogen-bond donors (Lipinski definition) is 1. The lowest BCUT2D eigenvalue weighted by Gasteiger charge is -2.35. The van der Waals surface area contributed by atoms with Crippen LogP contribution in [0.5, 0.6) is 0 Å². The molecule has 5 rings (SSSR count). The summed E-state index contributed by atoms with van der Waals surface area (Å²) < 4.78 is 3.42. The highest BCUT2D eigenvalue weighted by Gasteiger charge is 2.24. The van der Waals surface area contributed by atoms with E-state index in [1.165, 1.54) is 16.7 Å². The van der Waals surface area contributed by atoms with Crippen molar-refractivity contribution in [2.75, 3.05) is 29.3 Å². The fourth-order valence-corrected chi connectivity index (χ4v) is 4.75.